The van der Waals surface area contributed by atoms with Crippen LogP contribution in [0.15, 0.2) is 23.1 Å². The van der Waals surface area contributed by atoms with E-state index in [4.69, 9.17) is 0 Å². The fraction of sp³-hybridized carbons (Fsp3) is 0.333. The van der Waals surface area contributed by atoms with Crippen LogP contribution in [0.3, 0.4) is 0 Å². The summed E-state index contributed by atoms with van der Waals surface area (Å²) in [5, 5.41) is 0. The maximum atomic E-state index is 13.0. The summed E-state index contributed by atoms with van der Waals surface area (Å²) < 4.78 is 25.5. The van der Waals surface area contributed by atoms with Gasteiger partial charge in [-0.05, 0) is 30.1 Å². The Labute approximate surface area is 86.1 Å². The lowest BCUT2D eigenvalue weighted by Crippen LogP contribution is -1.86. The van der Waals surface area contributed by atoms with Crippen molar-refractivity contribution < 1.29 is 8.78 Å². The van der Waals surface area contributed by atoms with E-state index in [1.165, 1.54) is 23.9 Å². The van der Waals surface area contributed by atoms with Crippen LogP contribution in [0.4, 0.5) is 8.78 Å². The first-order chi connectivity index (χ1) is 6.24. The number of halogens is 2. The molecule has 0 amide bonds. The smallest absolute Gasteiger partial charge is 0.139 e. The molecule has 0 saturated heterocycles. The molecule has 0 bridgehead atoms. The van der Waals surface area contributed by atoms with Crippen LogP contribution in [0.2, 0.25) is 0 Å². The van der Waals surface area contributed by atoms with E-state index in [2.05, 4.69) is 12.6 Å². The normalized spacial score (nSPS) is 10.4. The van der Waals surface area contributed by atoms with Gasteiger partial charge in [-0.25, -0.2) is 8.78 Å². The molecule has 0 N–H and O–H groups in total. The average molecular weight is 220 g/mol. The average Bonchev–Trinajstić information content (AvgIpc) is 2.09. The molecule has 0 unspecified atom stereocenters. The van der Waals surface area contributed by atoms with Crippen LogP contribution < -0.4 is 0 Å². The van der Waals surface area contributed by atoms with Crippen LogP contribution in [-0.2, 0) is 0 Å². The van der Waals surface area contributed by atoms with Gasteiger partial charge in [-0.1, -0.05) is 0 Å². The van der Waals surface area contributed by atoms with Gasteiger partial charge in [-0.15, -0.1) is 11.8 Å². The predicted molar refractivity (Wildman–Crippen MR) is 55.6 cm³/mol. The minimum absolute atomic E-state index is 0.482. The first-order valence-corrected chi connectivity index (χ1v) is 5.54. The van der Waals surface area contributed by atoms with Crippen molar-refractivity contribution in [3.8, 4) is 0 Å². The predicted octanol–water partition coefficient (Wildman–Crippen LogP) is 3.38. The Morgan fingerprint density at radius 3 is 2.69 bits per heavy atom. The molecule has 1 aromatic carbocycles. The van der Waals surface area contributed by atoms with Crippen molar-refractivity contribution in [2.24, 2.45) is 0 Å². The molecule has 1 aromatic rings. The molecular formula is C9H10F2S2. The fourth-order valence-electron chi connectivity index (χ4n) is 0.839. The van der Waals surface area contributed by atoms with E-state index < -0.39 is 11.6 Å². The summed E-state index contributed by atoms with van der Waals surface area (Å²) in [6.45, 7) is 0. The number of thioether (sulfide) groups is 1. The molecule has 0 aliphatic rings. The summed E-state index contributed by atoms with van der Waals surface area (Å²) in [5.41, 5.74) is 0. The Kier molecular flexibility index (Phi) is 4.59. The number of rotatable bonds is 4. The number of hydrogen-bond acceptors (Lipinski definition) is 2. The molecule has 0 atom stereocenters. The summed E-state index contributed by atoms with van der Waals surface area (Å²) in [5.74, 6) is 0.585. The largest absolute Gasteiger partial charge is 0.207 e. The quantitative estimate of drug-likeness (QED) is 0.461. The van der Waals surface area contributed by atoms with Crippen LogP contribution in [0.1, 0.15) is 6.42 Å². The molecular weight excluding hydrogens is 210 g/mol. The van der Waals surface area contributed by atoms with Gasteiger partial charge in [-0.2, -0.15) is 12.6 Å². The fourth-order valence-corrected chi connectivity index (χ4v) is 2.08. The maximum absolute atomic E-state index is 13.0. The van der Waals surface area contributed by atoms with Gasteiger partial charge in [0.05, 0.1) is 0 Å². The highest BCUT2D eigenvalue weighted by atomic mass is 32.2. The van der Waals surface area contributed by atoms with Crippen molar-refractivity contribution in [1.82, 2.24) is 0 Å². The standard InChI is InChI=1S/C9H10F2S2/c10-7-2-3-9(8(11)6-7)13-5-1-4-12/h2-3,6,12H,1,4-5H2. The van der Waals surface area contributed by atoms with E-state index in [-0.39, 0.29) is 0 Å². The molecule has 13 heavy (non-hydrogen) atoms. The molecule has 0 spiro atoms. The second-order valence-electron chi connectivity index (χ2n) is 2.50. The minimum Gasteiger partial charge on any atom is -0.207 e. The van der Waals surface area contributed by atoms with E-state index in [0.717, 1.165) is 24.0 Å². The summed E-state index contributed by atoms with van der Waals surface area (Å²) in [6.07, 6.45) is 0.921. The monoisotopic (exact) mass is 220 g/mol. The highest BCUT2D eigenvalue weighted by Gasteiger charge is 2.03. The molecule has 0 aliphatic carbocycles. The lowest BCUT2D eigenvalue weighted by Gasteiger charge is -2.01. The molecule has 0 saturated carbocycles. The Morgan fingerprint density at radius 1 is 1.31 bits per heavy atom. The molecule has 0 radical (unpaired) electrons. The van der Waals surface area contributed by atoms with Gasteiger partial charge in [0.15, 0.2) is 0 Å². The van der Waals surface area contributed by atoms with Gasteiger partial charge in [-0.3, -0.25) is 0 Å². The van der Waals surface area contributed by atoms with E-state index in [1.54, 1.807) is 0 Å². The second kappa shape index (κ2) is 5.50. The van der Waals surface area contributed by atoms with Gasteiger partial charge in [0.2, 0.25) is 0 Å². The Balaban J connectivity index is 2.56. The molecule has 0 aliphatic heterocycles. The highest BCUT2D eigenvalue weighted by Crippen LogP contribution is 2.22. The number of thiol groups is 1. The zero-order valence-corrected chi connectivity index (χ0v) is 8.68. The summed E-state index contributed by atoms with van der Waals surface area (Å²) in [7, 11) is 0. The van der Waals surface area contributed by atoms with Crippen LogP contribution in [0.25, 0.3) is 0 Å². The molecule has 0 aromatic heterocycles. The summed E-state index contributed by atoms with van der Waals surface area (Å²) in [6, 6.07) is 3.64. The Hall–Kier alpha value is -0.220. The van der Waals surface area contributed by atoms with Crippen molar-refractivity contribution in [3.05, 3.63) is 29.8 Å². The SMILES string of the molecule is Fc1ccc(SCCCS)c(F)c1. The van der Waals surface area contributed by atoms with Crippen LogP contribution in [0.5, 0.6) is 0 Å². The molecule has 0 nitrogen and oxygen atoms in total. The van der Waals surface area contributed by atoms with Gasteiger partial charge in [0, 0.05) is 11.0 Å². The van der Waals surface area contributed by atoms with Crippen molar-refractivity contribution in [3.63, 3.8) is 0 Å². The molecule has 0 heterocycles. The van der Waals surface area contributed by atoms with E-state index in [9.17, 15) is 8.78 Å². The highest BCUT2D eigenvalue weighted by molar-refractivity contribution is 7.99. The van der Waals surface area contributed by atoms with E-state index >= 15 is 0 Å². The minimum atomic E-state index is -0.531. The van der Waals surface area contributed by atoms with Crippen molar-refractivity contribution >= 4 is 24.4 Å². The van der Waals surface area contributed by atoms with Crippen LogP contribution in [-0.4, -0.2) is 11.5 Å². The number of benzene rings is 1. The molecule has 4 heteroatoms. The first-order valence-electron chi connectivity index (χ1n) is 3.93. The molecule has 0 fully saturated rings. The zero-order valence-electron chi connectivity index (χ0n) is 6.96. The molecule has 72 valence electrons. The van der Waals surface area contributed by atoms with Crippen molar-refractivity contribution in [2.75, 3.05) is 11.5 Å². The lowest BCUT2D eigenvalue weighted by molar-refractivity contribution is 0.565. The maximum Gasteiger partial charge on any atom is 0.139 e. The van der Waals surface area contributed by atoms with Crippen molar-refractivity contribution in [2.45, 2.75) is 11.3 Å². The second-order valence-corrected chi connectivity index (χ2v) is 4.08. The third kappa shape index (κ3) is 3.56. The van der Waals surface area contributed by atoms with Gasteiger partial charge in [0.1, 0.15) is 11.6 Å². The van der Waals surface area contributed by atoms with Crippen molar-refractivity contribution in [1.29, 1.82) is 0 Å². The van der Waals surface area contributed by atoms with Crippen LogP contribution in [0, 0.1) is 11.6 Å². The zero-order chi connectivity index (χ0) is 9.68. The van der Waals surface area contributed by atoms with Gasteiger partial charge in [0.25, 0.3) is 0 Å². The summed E-state index contributed by atoms with van der Waals surface area (Å²) >= 11 is 5.43. The first kappa shape index (κ1) is 10.9. The third-order valence-corrected chi connectivity index (χ3v) is 2.91. The lowest BCUT2D eigenvalue weighted by atomic mass is 10.3. The van der Waals surface area contributed by atoms with E-state index in [1.807, 2.05) is 0 Å². The van der Waals surface area contributed by atoms with Crippen LogP contribution >= 0.6 is 24.4 Å². The Bertz CT molecular complexity index is 276. The topological polar surface area (TPSA) is 0 Å². The number of hydrogen-bond donors (Lipinski definition) is 1. The third-order valence-electron chi connectivity index (χ3n) is 1.45. The van der Waals surface area contributed by atoms with Gasteiger partial charge < -0.3 is 0 Å². The van der Waals surface area contributed by atoms with Gasteiger partial charge >= 0.3 is 0 Å². The Morgan fingerprint density at radius 2 is 2.08 bits per heavy atom. The summed E-state index contributed by atoms with van der Waals surface area (Å²) in [4.78, 5) is 0.503. The van der Waals surface area contributed by atoms with E-state index in [0.29, 0.717) is 4.90 Å². The molecule has 1 rings (SSSR count).